The zero-order valence-electron chi connectivity index (χ0n) is 9.85. The first-order valence-corrected chi connectivity index (χ1v) is 5.55. The summed E-state index contributed by atoms with van der Waals surface area (Å²) >= 11 is 0. The maximum atomic E-state index is 12.8. The highest BCUT2D eigenvalue weighted by Gasteiger charge is 2.02. The third-order valence-corrected chi connectivity index (χ3v) is 2.46. The molecule has 0 bridgehead atoms. The van der Waals surface area contributed by atoms with Crippen LogP contribution in [0.4, 0.5) is 4.39 Å². The summed E-state index contributed by atoms with van der Waals surface area (Å²) < 4.78 is 18.3. The van der Waals surface area contributed by atoms with E-state index in [1.807, 2.05) is 24.3 Å². The first kappa shape index (κ1) is 11.6. The van der Waals surface area contributed by atoms with Crippen LogP contribution in [-0.2, 0) is 0 Å². The molecule has 0 aliphatic heterocycles. The minimum Gasteiger partial charge on any atom is -0.439 e. The average Bonchev–Trinajstić information content (AvgIpc) is 2.29. The number of rotatable bonds is 3. The molecule has 0 amide bonds. The van der Waals surface area contributed by atoms with Crippen molar-refractivity contribution in [1.29, 1.82) is 0 Å². The summed E-state index contributed by atoms with van der Waals surface area (Å²) in [6.45, 7) is 4.26. The topological polar surface area (TPSA) is 22.1 Å². The molecule has 3 heteroatoms. The molecule has 0 spiro atoms. The molecule has 0 unspecified atom stereocenters. The second kappa shape index (κ2) is 4.95. The Kier molecular flexibility index (Phi) is 3.38. The van der Waals surface area contributed by atoms with Gasteiger partial charge in [-0.1, -0.05) is 32.0 Å². The Labute approximate surface area is 100 Å². The van der Waals surface area contributed by atoms with Crippen molar-refractivity contribution in [2.45, 2.75) is 19.8 Å². The molecule has 2 rings (SSSR count). The molecule has 0 N–H and O–H groups in total. The van der Waals surface area contributed by atoms with Gasteiger partial charge in [-0.05, 0) is 29.7 Å². The fourth-order valence-corrected chi connectivity index (χ4v) is 1.49. The van der Waals surface area contributed by atoms with Gasteiger partial charge in [0.25, 0.3) is 0 Å². The zero-order chi connectivity index (χ0) is 12.3. The van der Waals surface area contributed by atoms with Crippen molar-refractivity contribution < 1.29 is 9.13 Å². The van der Waals surface area contributed by atoms with Crippen molar-refractivity contribution in [3.63, 3.8) is 0 Å². The van der Waals surface area contributed by atoms with Crippen LogP contribution in [0.1, 0.15) is 25.3 Å². The van der Waals surface area contributed by atoms with Crippen molar-refractivity contribution >= 4 is 0 Å². The standard InChI is InChI=1S/C14H14FNO/c1-10(2)11-6-8-12(9-7-11)17-14-5-3-4-13(15)16-14/h3-10H,1-2H3. The molecule has 1 aromatic heterocycles. The van der Waals surface area contributed by atoms with Crippen molar-refractivity contribution in [2.75, 3.05) is 0 Å². The van der Waals surface area contributed by atoms with Crippen LogP contribution in [-0.4, -0.2) is 4.98 Å². The Balaban J connectivity index is 2.14. The van der Waals surface area contributed by atoms with E-state index >= 15 is 0 Å². The highest BCUT2D eigenvalue weighted by molar-refractivity contribution is 5.31. The second-order valence-corrected chi connectivity index (χ2v) is 4.12. The van der Waals surface area contributed by atoms with Crippen LogP contribution in [0, 0.1) is 5.95 Å². The normalized spacial score (nSPS) is 10.6. The minimum absolute atomic E-state index is 0.266. The van der Waals surface area contributed by atoms with E-state index in [9.17, 15) is 4.39 Å². The molecule has 0 aliphatic carbocycles. The number of hydrogen-bond acceptors (Lipinski definition) is 2. The zero-order valence-corrected chi connectivity index (χ0v) is 9.85. The molecule has 0 saturated carbocycles. The summed E-state index contributed by atoms with van der Waals surface area (Å²) in [6.07, 6.45) is 0. The van der Waals surface area contributed by atoms with Crippen LogP contribution in [0.3, 0.4) is 0 Å². The Morgan fingerprint density at radius 3 is 2.35 bits per heavy atom. The van der Waals surface area contributed by atoms with Gasteiger partial charge in [-0.2, -0.15) is 9.37 Å². The number of halogens is 1. The highest BCUT2D eigenvalue weighted by atomic mass is 19.1. The van der Waals surface area contributed by atoms with Crippen molar-refractivity contribution in [2.24, 2.45) is 0 Å². The molecular weight excluding hydrogens is 217 g/mol. The molecule has 0 fully saturated rings. The van der Waals surface area contributed by atoms with E-state index in [0.29, 0.717) is 11.7 Å². The summed E-state index contributed by atoms with van der Waals surface area (Å²) in [4.78, 5) is 3.64. The molecule has 17 heavy (non-hydrogen) atoms. The monoisotopic (exact) mass is 231 g/mol. The van der Waals surface area contributed by atoms with Crippen molar-refractivity contribution in [3.05, 3.63) is 54.0 Å². The maximum Gasteiger partial charge on any atom is 0.221 e. The second-order valence-electron chi connectivity index (χ2n) is 4.12. The van der Waals surface area contributed by atoms with E-state index in [1.54, 1.807) is 12.1 Å². The van der Waals surface area contributed by atoms with Gasteiger partial charge in [0, 0.05) is 6.07 Å². The van der Waals surface area contributed by atoms with Gasteiger partial charge < -0.3 is 4.74 Å². The number of hydrogen-bond donors (Lipinski definition) is 0. The van der Waals surface area contributed by atoms with Gasteiger partial charge in [-0.25, -0.2) is 0 Å². The van der Waals surface area contributed by atoms with E-state index in [1.165, 1.54) is 11.6 Å². The first-order chi connectivity index (χ1) is 8.15. The lowest BCUT2D eigenvalue weighted by Crippen LogP contribution is -1.91. The average molecular weight is 231 g/mol. The van der Waals surface area contributed by atoms with Gasteiger partial charge >= 0.3 is 0 Å². The molecule has 1 aromatic carbocycles. The Morgan fingerprint density at radius 1 is 1.06 bits per heavy atom. The smallest absolute Gasteiger partial charge is 0.221 e. The predicted molar refractivity (Wildman–Crippen MR) is 64.8 cm³/mol. The number of benzene rings is 1. The van der Waals surface area contributed by atoms with Crippen LogP contribution in [0.5, 0.6) is 11.6 Å². The largest absolute Gasteiger partial charge is 0.439 e. The molecule has 88 valence electrons. The van der Waals surface area contributed by atoms with Gasteiger partial charge in [0.15, 0.2) is 0 Å². The summed E-state index contributed by atoms with van der Waals surface area (Å²) in [6, 6.07) is 12.2. The van der Waals surface area contributed by atoms with E-state index < -0.39 is 5.95 Å². The Bertz CT molecular complexity index is 494. The van der Waals surface area contributed by atoms with Gasteiger partial charge in [-0.3, -0.25) is 0 Å². The molecule has 0 atom stereocenters. The van der Waals surface area contributed by atoms with Crippen molar-refractivity contribution in [1.82, 2.24) is 4.98 Å². The number of nitrogens with zero attached hydrogens (tertiary/aromatic N) is 1. The quantitative estimate of drug-likeness (QED) is 0.741. The fourth-order valence-electron chi connectivity index (χ4n) is 1.49. The lowest BCUT2D eigenvalue weighted by Gasteiger charge is -2.07. The van der Waals surface area contributed by atoms with Gasteiger partial charge in [-0.15, -0.1) is 0 Å². The van der Waals surface area contributed by atoms with E-state index in [2.05, 4.69) is 18.8 Å². The van der Waals surface area contributed by atoms with Crippen LogP contribution in [0.25, 0.3) is 0 Å². The highest BCUT2D eigenvalue weighted by Crippen LogP contribution is 2.22. The van der Waals surface area contributed by atoms with Crippen LogP contribution >= 0.6 is 0 Å². The van der Waals surface area contributed by atoms with E-state index in [0.717, 1.165) is 0 Å². The summed E-state index contributed by atoms with van der Waals surface area (Å²) in [5.74, 6) is 0.868. The number of pyridine rings is 1. The first-order valence-electron chi connectivity index (χ1n) is 5.55. The van der Waals surface area contributed by atoms with Crippen LogP contribution in [0.2, 0.25) is 0 Å². The predicted octanol–water partition coefficient (Wildman–Crippen LogP) is 4.14. The lowest BCUT2D eigenvalue weighted by atomic mass is 10.0. The van der Waals surface area contributed by atoms with E-state index in [4.69, 9.17) is 4.74 Å². The Morgan fingerprint density at radius 2 is 1.76 bits per heavy atom. The maximum absolute atomic E-state index is 12.8. The molecule has 1 heterocycles. The van der Waals surface area contributed by atoms with Gasteiger partial charge in [0.05, 0.1) is 0 Å². The molecule has 2 nitrogen and oxygen atoms in total. The molecule has 0 aliphatic rings. The third-order valence-electron chi connectivity index (χ3n) is 2.46. The molecule has 0 saturated heterocycles. The number of aromatic nitrogens is 1. The van der Waals surface area contributed by atoms with Crippen molar-refractivity contribution in [3.8, 4) is 11.6 Å². The van der Waals surface area contributed by atoms with Gasteiger partial charge in [0.1, 0.15) is 5.75 Å². The fraction of sp³-hybridized carbons (Fsp3) is 0.214. The summed E-state index contributed by atoms with van der Waals surface area (Å²) in [7, 11) is 0. The molecular formula is C14H14FNO. The van der Waals surface area contributed by atoms with Crippen LogP contribution < -0.4 is 4.74 Å². The van der Waals surface area contributed by atoms with Gasteiger partial charge in [0.2, 0.25) is 11.8 Å². The van der Waals surface area contributed by atoms with Crippen LogP contribution in [0.15, 0.2) is 42.5 Å². The summed E-state index contributed by atoms with van der Waals surface area (Å²) in [5, 5.41) is 0. The molecule has 0 radical (unpaired) electrons. The lowest BCUT2D eigenvalue weighted by molar-refractivity contribution is 0.445. The Hall–Kier alpha value is -1.90. The van der Waals surface area contributed by atoms with E-state index in [-0.39, 0.29) is 5.88 Å². The SMILES string of the molecule is CC(C)c1ccc(Oc2cccc(F)n2)cc1. The summed E-state index contributed by atoms with van der Waals surface area (Å²) in [5.41, 5.74) is 1.24. The molecule has 2 aromatic rings. The third kappa shape index (κ3) is 3.03. The number of ether oxygens (including phenoxy) is 1. The minimum atomic E-state index is -0.540.